The molecule has 0 radical (unpaired) electrons. The van der Waals surface area contributed by atoms with Crippen LogP contribution in [0.5, 0.6) is 11.5 Å². The van der Waals surface area contributed by atoms with Gasteiger partial charge in [-0.3, -0.25) is 47.7 Å². The molecule has 62 heavy (non-hydrogen) atoms. The highest BCUT2D eigenvalue weighted by Gasteiger charge is 2.26. The van der Waals surface area contributed by atoms with Gasteiger partial charge in [0.05, 0.1) is 70.1 Å². The second-order valence-corrected chi connectivity index (χ2v) is 15.0. The minimum Gasteiger partial charge on any atom is -0.490 e. The van der Waals surface area contributed by atoms with Crippen molar-refractivity contribution >= 4 is 80.5 Å². The first-order valence-corrected chi connectivity index (χ1v) is 20.9. The summed E-state index contributed by atoms with van der Waals surface area (Å²) >= 11 is 1.77. The molecule has 1 aliphatic rings. The number of ether oxygens (including phenoxy) is 2. The van der Waals surface area contributed by atoms with E-state index in [1.54, 1.807) is 90.0 Å². The van der Waals surface area contributed by atoms with Crippen LogP contribution in [0, 0.1) is 13.8 Å². The summed E-state index contributed by atoms with van der Waals surface area (Å²) in [7, 11) is 0. The molecule has 5 aromatic heterocycles. The summed E-state index contributed by atoms with van der Waals surface area (Å²) in [6.45, 7) is 8.72. The van der Waals surface area contributed by atoms with E-state index < -0.39 is 23.6 Å². The number of pyridine rings is 1. The van der Waals surface area contributed by atoms with Crippen LogP contribution in [0.1, 0.15) is 78.5 Å². The lowest BCUT2D eigenvalue weighted by molar-refractivity contribution is 0.0984. The predicted octanol–water partition coefficient (Wildman–Crippen LogP) is 5.33. The SMILES string of the molecule is CCn1nc(C)cc1C(=O)Nc1nc2cc(C(N)=O)cc3c2n1C/C=C/Cn1c(NC(=O)c2cc(C)nn2CC)nc2cc(C(=O)NI)cc(c21)OCC(c1ccccn1)CO3. The van der Waals surface area contributed by atoms with Gasteiger partial charge in [-0.1, -0.05) is 18.2 Å². The quantitative estimate of drug-likeness (QED) is 0.0821. The van der Waals surface area contributed by atoms with Crippen LogP contribution in [-0.2, 0) is 26.2 Å². The Balaban J connectivity index is 1.29. The Hall–Kier alpha value is -7.10. The number of amides is 4. The molecule has 19 nitrogen and oxygen atoms in total. The van der Waals surface area contributed by atoms with Crippen molar-refractivity contribution < 1.29 is 28.7 Å². The van der Waals surface area contributed by atoms with Gasteiger partial charge in [0.15, 0.2) is 0 Å². The minimum atomic E-state index is -0.693. The zero-order chi connectivity index (χ0) is 43.7. The van der Waals surface area contributed by atoms with E-state index in [4.69, 9.17) is 25.2 Å². The molecule has 20 heteroatoms. The summed E-state index contributed by atoms with van der Waals surface area (Å²) < 4.78 is 22.7. The van der Waals surface area contributed by atoms with Gasteiger partial charge in [0, 0.05) is 43.5 Å². The number of hydrogen-bond donors (Lipinski definition) is 4. The fourth-order valence-electron chi connectivity index (χ4n) is 7.40. The molecule has 318 valence electrons. The Labute approximate surface area is 368 Å². The number of rotatable bonds is 9. The number of nitrogens with zero attached hydrogens (tertiary/aromatic N) is 9. The summed E-state index contributed by atoms with van der Waals surface area (Å²) in [5.41, 5.74) is 10.7. The zero-order valence-corrected chi connectivity index (χ0v) is 36.3. The van der Waals surface area contributed by atoms with Gasteiger partial charge in [0.25, 0.3) is 17.7 Å². The molecule has 0 saturated heterocycles. The topological polar surface area (TPSA) is 233 Å². The number of halogens is 1. The van der Waals surface area contributed by atoms with Gasteiger partial charge in [0.2, 0.25) is 17.8 Å². The number of carbonyl (C=O) groups excluding carboxylic acids is 4. The number of benzene rings is 2. The number of nitrogens with one attached hydrogen (secondary N) is 3. The van der Waals surface area contributed by atoms with Crippen LogP contribution in [0.3, 0.4) is 0 Å². The Morgan fingerprint density at radius 3 is 1.73 bits per heavy atom. The van der Waals surface area contributed by atoms with Crippen molar-refractivity contribution in [2.75, 3.05) is 23.8 Å². The molecule has 5 N–H and O–H groups in total. The summed E-state index contributed by atoms with van der Waals surface area (Å²) in [6, 6.07) is 15.3. The molecule has 0 spiro atoms. The van der Waals surface area contributed by atoms with E-state index in [1.165, 1.54) is 0 Å². The van der Waals surface area contributed by atoms with Crippen LogP contribution in [0.25, 0.3) is 22.1 Å². The molecule has 1 atom stereocenters. The molecular formula is C42H42IN13O6. The number of hydrogen-bond acceptors (Lipinski definition) is 11. The van der Waals surface area contributed by atoms with Crippen molar-refractivity contribution in [3.8, 4) is 11.5 Å². The molecule has 0 bridgehead atoms. The smallest absolute Gasteiger partial charge is 0.276 e. The molecule has 2 aromatic carbocycles. The fraction of sp³-hybridized carbons (Fsp3) is 0.262. The average molecular weight is 952 g/mol. The maximum atomic E-state index is 13.9. The first-order chi connectivity index (χ1) is 30.0. The molecule has 8 rings (SSSR count). The molecule has 0 saturated carbocycles. The van der Waals surface area contributed by atoms with Gasteiger partial charge in [-0.2, -0.15) is 10.2 Å². The van der Waals surface area contributed by atoms with Crippen LogP contribution < -0.4 is 29.4 Å². The van der Waals surface area contributed by atoms with Crippen molar-refractivity contribution in [1.82, 2.24) is 47.2 Å². The van der Waals surface area contributed by atoms with Crippen molar-refractivity contribution in [3.63, 3.8) is 0 Å². The normalized spacial score (nSPS) is 14.6. The molecule has 7 aromatic rings. The van der Waals surface area contributed by atoms with Crippen molar-refractivity contribution in [3.05, 3.63) is 113 Å². The number of aromatic nitrogens is 9. The number of nitrogens with two attached hydrogens (primary N) is 1. The second kappa shape index (κ2) is 17.5. The van der Waals surface area contributed by atoms with Gasteiger partial charge in [-0.25, -0.2) is 9.97 Å². The highest BCUT2D eigenvalue weighted by molar-refractivity contribution is 14.1. The Kier molecular flexibility index (Phi) is 11.7. The molecule has 0 aliphatic carbocycles. The molecular weight excluding hydrogens is 909 g/mol. The number of primary amides is 1. The van der Waals surface area contributed by atoms with E-state index in [9.17, 15) is 19.2 Å². The summed E-state index contributed by atoms with van der Waals surface area (Å²) in [4.78, 5) is 67.7. The van der Waals surface area contributed by atoms with Crippen LogP contribution in [-0.4, -0.2) is 80.5 Å². The van der Waals surface area contributed by atoms with Crippen molar-refractivity contribution in [2.24, 2.45) is 5.73 Å². The fourth-order valence-corrected chi connectivity index (χ4v) is 7.71. The Morgan fingerprint density at radius 1 is 0.742 bits per heavy atom. The third-order valence-corrected chi connectivity index (χ3v) is 10.8. The van der Waals surface area contributed by atoms with Gasteiger partial charge >= 0.3 is 0 Å². The third kappa shape index (κ3) is 8.19. The number of imidazole rings is 2. The van der Waals surface area contributed by atoms with Crippen LogP contribution in [0.15, 0.2) is 72.9 Å². The van der Waals surface area contributed by atoms with Crippen LogP contribution in [0.2, 0.25) is 0 Å². The van der Waals surface area contributed by atoms with Crippen molar-refractivity contribution in [2.45, 2.75) is 59.8 Å². The lowest BCUT2D eigenvalue weighted by Crippen LogP contribution is -2.21. The molecule has 0 fully saturated rings. The average Bonchev–Trinajstić information content (AvgIpc) is 4.03. The van der Waals surface area contributed by atoms with Gasteiger partial charge in [-0.05, 0) is 76.2 Å². The summed E-state index contributed by atoms with van der Waals surface area (Å²) in [6.07, 6.45) is 5.40. The van der Waals surface area contributed by atoms with Gasteiger partial charge < -0.3 is 24.3 Å². The maximum Gasteiger partial charge on any atom is 0.276 e. The molecule has 6 heterocycles. The number of carbonyl (C=O) groups is 4. The molecule has 4 amide bonds. The Bertz CT molecular complexity index is 2910. The van der Waals surface area contributed by atoms with E-state index >= 15 is 0 Å². The third-order valence-electron chi connectivity index (χ3n) is 10.3. The number of aryl methyl sites for hydroxylation is 4. The lowest BCUT2D eigenvalue weighted by atomic mass is 10.1. The van der Waals surface area contributed by atoms with Crippen LogP contribution in [0.4, 0.5) is 11.9 Å². The minimum absolute atomic E-state index is 0.00810. The largest absolute Gasteiger partial charge is 0.490 e. The van der Waals surface area contributed by atoms with E-state index in [-0.39, 0.29) is 61.0 Å². The van der Waals surface area contributed by atoms with E-state index in [1.807, 2.05) is 52.0 Å². The highest BCUT2D eigenvalue weighted by Crippen LogP contribution is 2.35. The second-order valence-electron chi connectivity index (χ2n) is 14.5. The highest BCUT2D eigenvalue weighted by atomic mass is 127. The Morgan fingerprint density at radius 2 is 1.26 bits per heavy atom. The number of anilines is 2. The molecule has 1 unspecified atom stereocenters. The summed E-state index contributed by atoms with van der Waals surface area (Å²) in [5.74, 6) is -1.44. The number of allylic oxidation sites excluding steroid dienone is 2. The van der Waals surface area contributed by atoms with Gasteiger partial charge in [0.1, 0.15) is 33.9 Å². The van der Waals surface area contributed by atoms with E-state index in [0.29, 0.717) is 69.4 Å². The summed E-state index contributed by atoms with van der Waals surface area (Å²) in [5, 5.41) is 14.8. The van der Waals surface area contributed by atoms with E-state index in [2.05, 4.69) is 29.3 Å². The van der Waals surface area contributed by atoms with Gasteiger partial charge in [-0.15, -0.1) is 0 Å². The van der Waals surface area contributed by atoms with Crippen molar-refractivity contribution in [1.29, 1.82) is 0 Å². The first kappa shape index (κ1) is 41.6. The van der Waals surface area contributed by atoms with E-state index in [0.717, 1.165) is 0 Å². The zero-order valence-electron chi connectivity index (χ0n) is 34.2. The maximum absolute atomic E-state index is 13.9. The molecule has 1 aliphatic heterocycles. The first-order valence-electron chi connectivity index (χ1n) is 19.8. The lowest BCUT2D eigenvalue weighted by Gasteiger charge is -2.20. The predicted molar refractivity (Wildman–Crippen MR) is 238 cm³/mol. The monoisotopic (exact) mass is 951 g/mol. The standard InChI is InChI=1S/C42H42IN13O6/c1-5-55-31(15-23(3)51-55)39(59)48-41-46-29-17-25(37(44)57)19-33-35(29)53(41)13-9-10-14-54-36-30(47-42(54)49-40(60)32-16-24(4)52-56(32)6-2)18-26(38(58)50-43)20-34(36)62-22-27(21-61-33)28-11-7-8-12-45-28/h7-12,15-20,27H,5-6,13-14,21-22H2,1-4H3,(H2,44,57)(H,50,58)(H,46,48,59)(H,47,49,60)/b10-9+. The van der Waals surface area contributed by atoms with Crippen LogP contribution >= 0.6 is 22.9 Å².